The maximum absolute atomic E-state index is 12.0. The average molecular weight is 217 g/mol. The van der Waals surface area contributed by atoms with Crippen LogP contribution in [0.3, 0.4) is 0 Å². The first-order valence-electron chi connectivity index (χ1n) is 5.22. The summed E-state index contributed by atoms with van der Waals surface area (Å²) in [4.78, 5) is 12.0. The number of para-hydroxylation sites is 1. The van der Waals surface area contributed by atoms with Gasteiger partial charge in [-0.1, -0.05) is 18.2 Å². The summed E-state index contributed by atoms with van der Waals surface area (Å²) >= 11 is 0. The zero-order valence-electron chi connectivity index (χ0n) is 9.40. The number of hydrogen-bond acceptors (Lipinski definition) is 3. The van der Waals surface area contributed by atoms with Crippen LogP contribution in [0, 0.1) is 0 Å². The Balaban J connectivity index is 2.87. The average Bonchev–Trinajstić information content (AvgIpc) is 2.30. The molecule has 1 atom stereocenters. The second-order valence-electron chi connectivity index (χ2n) is 3.80. The predicted octanol–water partition coefficient (Wildman–Crippen LogP) is 1.32. The summed E-state index contributed by atoms with van der Waals surface area (Å²) < 4.78 is 1.67. The van der Waals surface area contributed by atoms with Crippen LogP contribution in [0.25, 0.3) is 10.9 Å². The van der Waals surface area contributed by atoms with E-state index in [0.717, 1.165) is 10.9 Å². The molecular formula is C12H15N3O. The predicted molar refractivity (Wildman–Crippen MR) is 66.4 cm³/mol. The van der Waals surface area contributed by atoms with Crippen molar-refractivity contribution in [1.29, 1.82) is 0 Å². The summed E-state index contributed by atoms with van der Waals surface area (Å²) in [6, 6.07) is 9.43. The lowest BCUT2D eigenvalue weighted by Gasteiger charge is -2.17. The molecule has 0 saturated heterocycles. The lowest BCUT2D eigenvalue weighted by atomic mass is 10.2. The van der Waals surface area contributed by atoms with E-state index in [-0.39, 0.29) is 17.4 Å². The van der Waals surface area contributed by atoms with Crippen molar-refractivity contribution in [2.75, 3.05) is 12.8 Å². The van der Waals surface area contributed by atoms with Crippen LogP contribution in [0.2, 0.25) is 0 Å². The monoisotopic (exact) mass is 217 g/mol. The van der Waals surface area contributed by atoms with Crippen molar-refractivity contribution < 1.29 is 0 Å². The molecule has 1 unspecified atom stereocenters. The number of fused-ring (bicyclic) bond motifs is 1. The second kappa shape index (κ2) is 3.98. The minimum absolute atomic E-state index is 0.0825. The van der Waals surface area contributed by atoms with Crippen molar-refractivity contribution in [2.24, 2.45) is 0 Å². The number of aromatic nitrogens is 1. The molecule has 4 heteroatoms. The zero-order chi connectivity index (χ0) is 11.7. The van der Waals surface area contributed by atoms with E-state index in [1.165, 1.54) is 0 Å². The molecule has 0 fully saturated rings. The van der Waals surface area contributed by atoms with Crippen molar-refractivity contribution in [3.8, 4) is 0 Å². The van der Waals surface area contributed by atoms with Crippen LogP contribution in [0.15, 0.2) is 35.1 Å². The van der Waals surface area contributed by atoms with Crippen molar-refractivity contribution in [2.45, 2.75) is 13.1 Å². The second-order valence-corrected chi connectivity index (χ2v) is 3.80. The number of nitrogens with two attached hydrogens (primary N) is 1. The van der Waals surface area contributed by atoms with Crippen molar-refractivity contribution in [3.63, 3.8) is 0 Å². The summed E-state index contributed by atoms with van der Waals surface area (Å²) in [6.45, 7) is 1.92. The molecule has 16 heavy (non-hydrogen) atoms. The maximum atomic E-state index is 12.0. The molecule has 1 aromatic carbocycles. The van der Waals surface area contributed by atoms with E-state index >= 15 is 0 Å². The van der Waals surface area contributed by atoms with E-state index in [1.807, 2.05) is 38.2 Å². The lowest BCUT2D eigenvalue weighted by Crippen LogP contribution is -2.31. The molecule has 1 aromatic heterocycles. The third-order valence-electron chi connectivity index (χ3n) is 2.78. The highest BCUT2D eigenvalue weighted by molar-refractivity contribution is 5.81. The Kier molecular flexibility index (Phi) is 2.66. The Labute approximate surface area is 93.7 Å². The fraction of sp³-hybridized carbons (Fsp3) is 0.250. The smallest absolute Gasteiger partial charge is 0.275 e. The van der Waals surface area contributed by atoms with Gasteiger partial charge in [-0.15, -0.1) is 0 Å². The molecule has 0 aliphatic carbocycles. The number of anilines is 1. The van der Waals surface area contributed by atoms with Gasteiger partial charge in [-0.05, 0) is 26.1 Å². The Bertz CT molecular complexity index is 574. The normalized spacial score (nSPS) is 12.9. The molecule has 2 aromatic rings. The third-order valence-corrected chi connectivity index (χ3v) is 2.78. The highest BCUT2D eigenvalue weighted by atomic mass is 16.1. The van der Waals surface area contributed by atoms with Crippen LogP contribution in [0.1, 0.15) is 13.1 Å². The van der Waals surface area contributed by atoms with E-state index in [1.54, 1.807) is 10.6 Å². The summed E-state index contributed by atoms with van der Waals surface area (Å²) in [5.74, 6) is 0. The van der Waals surface area contributed by atoms with Gasteiger partial charge >= 0.3 is 0 Å². The number of nitrogen functional groups attached to an aromatic ring is 1. The molecule has 2 rings (SSSR count). The van der Waals surface area contributed by atoms with Crippen LogP contribution in [0.4, 0.5) is 5.69 Å². The molecule has 0 bridgehead atoms. The lowest BCUT2D eigenvalue weighted by molar-refractivity contribution is 0.479. The van der Waals surface area contributed by atoms with E-state index < -0.39 is 0 Å². The number of benzene rings is 1. The van der Waals surface area contributed by atoms with Gasteiger partial charge in [0.1, 0.15) is 0 Å². The van der Waals surface area contributed by atoms with Gasteiger partial charge in [-0.2, -0.15) is 0 Å². The number of rotatable bonds is 2. The van der Waals surface area contributed by atoms with Gasteiger partial charge in [0.25, 0.3) is 5.56 Å². The first-order valence-corrected chi connectivity index (χ1v) is 5.22. The minimum atomic E-state index is -0.152. The molecular weight excluding hydrogens is 202 g/mol. The first-order chi connectivity index (χ1) is 7.65. The van der Waals surface area contributed by atoms with Gasteiger partial charge < -0.3 is 11.1 Å². The molecule has 0 saturated carbocycles. The van der Waals surface area contributed by atoms with Crippen LogP contribution >= 0.6 is 0 Å². The standard InChI is InChI=1S/C12H15N3O/c1-8(14-2)15-11-6-4-3-5-9(11)7-10(13)12(15)16/h3-8,14H,13H2,1-2H3. The van der Waals surface area contributed by atoms with E-state index in [4.69, 9.17) is 5.73 Å². The maximum Gasteiger partial charge on any atom is 0.275 e. The van der Waals surface area contributed by atoms with Crippen molar-refractivity contribution >= 4 is 16.6 Å². The van der Waals surface area contributed by atoms with Gasteiger partial charge in [-0.25, -0.2) is 0 Å². The van der Waals surface area contributed by atoms with Crippen LogP contribution in [0.5, 0.6) is 0 Å². The fourth-order valence-corrected chi connectivity index (χ4v) is 1.82. The van der Waals surface area contributed by atoms with E-state index in [2.05, 4.69) is 5.32 Å². The largest absolute Gasteiger partial charge is 0.394 e. The summed E-state index contributed by atoms with van der Waals surface area (Å²) in [5.41, 5.74) is 6.74. The quantitative estimate of drug-likeness (QED) is 0.797. The Morgan fingerprint density at radius 1 is 1.38 bits per heavy atom. The van der Waals surface area contributed by atoms with Gasteiger partial charge in [0.05, 0.1) is 17.4 Å². The van der Waals surface area contributed by atoms with Crippen molar-refractivity contribution in [3.05, 3.63) is 40.7 Å². The molecule has 4 nitrogen and oxygen atoms in total. The number of nitrogens with zero attached hydrogens (tertiary/aromatic N) is 1. The van der Waals surface area contributed by atoms with Crippen LogP contribution in [-0.2, 0) is 0 Å². The first kappa shape index (κ1) is 10.7. The van der Waals surface area contributed by atoms with Gasteiger partial charge in [0.15, 0.2) is 0 Å². The van der Waals surface area contributed by atoms with Crippen LogP contribution in [-0.4, -0.2) is 11.6 Å². The molecule has 84 valence electrons. The third kappa shape index (κ3) is 1.57. The SMILES string of the molecule is CNC(C)n1c(=O)c(N)cc2ccccc21. The molecule has 0 radical (unpaired) electrons. The topological polar surface area (TPSA) is 60.0 Å². The highest BCUT2D eigenvalue weighted by Crippen LogP contribution is 2.16. The highest BCUT2D eigenvalue weighted by Gasteiger charge is 2.10. The Morgan fingerprint density at radius 2 is 2.06 bits per heavy atom. The number of nitrogens with one attached hydrogen (secondary N) is 1. The van der Waals surface area contributed by atoms with Gasteiger partial charge in [0.2, 0.25) is 0 Å². The Morgan fingerprint density at radius 3 is 2.75 bits per heavy atom. The molecule has 0 aliphatic rings. The van der Waals surface area contributed by atoms with Crippen molar-refractivity contribution in [1.82, 2.24) is 9.88 Å². The number of pyridine rings is 1. The molecule has 0 spiro atoms. The summed E-state index contributed by atoms with van der Waals surface area (Å²) in [6.07, 6.45) is -0.0825. The molecule has 0 aliphatic heterocycles. The summed E-state index contributed by atoms with van der Waals surface area (Å²) in [7, 11) is 1.81. The molecule has 3 N–H and O–H groups in total. The Hall–Kier alpha value is -1.81. The number of hydrogen-bond donors (Lipinski definition) is 2. The molecule has 0 amide bonds. The fourth-order valence-electron chi connectivity index (χ4n) is 1.82. The zero-order valence-corrected chi connectivity index (χ0v) is 9.40. The van der Waals surface area contributed by atoms with Gasteiger partial charge in [-0.3, -0.25) is 9.36 Å². The molecule has 1 heterocycles. The van der Waals surface area contributed by atoms with E-state index in [0.29, 0.717) is 0 Å². The minimum Gasteiger partial charge on any atom is -0.394 e. The van der Waals surface area contributed by atoms with Crippen LogP contribution < -0.4 is 16.6 Å². The van der Waals surface area contributed by atoms with Gasteiger partial charge in [0, 0.05) is 5.39 Å². The summed E-state index contributed by atoms with van der Waals surface area (Å²) in [5, 5.41) is 4.02. The van der Waals surface area contributed by atoms with E-state index in [9.17, 15) is 4.79 Å².